The molecule has 0 N–H and O–H groups in total. The van der Waals surface area contributed by atoms with Gasteiger partial charge in [-0.3, -0.25) is 4.57 Å². The molecule has 0 fully saturated rings. The average molecular weight is 363 g/mol. The van der Waals surface area contributed by atoms with Gasteiger partial charge >= 0.3 is 0 Å². The van der Waals surface area contributed by atoms with Crippen LogP contribution in [0.3, 0.4) is 0 Å². The average Bonchev–Trinajstić information content (AvgIpc) is 3.07. The van der Waals surface area contributed by atoms with Gasteiger partial charge in [0.25, 0.3) is 0 Å². The molecule has 0 aliphatic rings. The maximum Gasteiger partial charge on any atom is 0.196 e. The summed E-state index contributed by atoms with van der Waals surface area (Å²) in [5.41, 5.74) is 4.57. The molecule has 2 aromatic carbocycles. The maximum absolute atomic E-state index is 8.66. The lowest BCUT2D eigenvalue weighted by molar-refractivity contribution is 0.823. The number of benzene rings is 2. The quantitative estimate of drug-likeness (QED) is 0.421. The first-order valence-corrected chi connectivity index (χ1v) is 9.77. The molecule has 0 unspecified atom stereocenters. The second kappa shape index (κ2) is 8.68. The molecule has 132 valence electrons. The van der Waals surface area contributed by atoms with Crippen molar-refractivity contribution in [1.29, 1.82) is 5.26 Å². The van der Waals surface area contributed by atoms with Crippen LogP contribution < -0.4 is 0 Å². The van der Waals surface area contributed by atoms with Gasteiger partial charge in [0.1, 0.15) is 0 Å². The van der Waals surface area contributed by atoms with Crippen LogP contribution >= 0.6 is 11.8 Å². The van der Waals surface area contributed by atoms with E-state index in [1.54, 1.807) is 11.8 Å². The summed E-state index contributed by atoms with van der Waals surface area (Å²) in [5, 5.41) is 18.5. The highest BCUT2D eigenvalue weighted by Crippen LogP contribution is 2.28. The molecule has 1 heterocycles. The van der Waals surface area contributed by atoms with Crippen LogP contribution in [0.25, 0.3) is 17.1 Å². The van der Waals surface area contributed by atoms with E-state index in [1.807, 2.05) is 0 Å². The lowest BCUT2D eigenvalue weighted by Crippen LogP contribution is -2.00. The number of thioether (sulfide) groups is 1. The molecular formula is C21H22N4S. The van der Waals surface area contributed by atoms with Crippen LogP contribution in [0.4, 0.5) is 0 Å². The number of unbranched alkanes of at least 4 members (excludes halogenated alkanes) is 2. The highest BCUT2D eigenvalue weighted by Gasteiger charge is 2.16. The number of aromatic nitrogens is 3. The molecule has 3 aromatic rings. The van der Waals surface area contributed by atoms with Crippen LogP contribution in [-0.2, 0) is 0 Å². The number of hydrogen-bond acceptors (Lipinski definition) is 4. The maximum atomic E-state index is 8.66. The first-order valence-electron chi connectivity index (χ1n) is 8.78. The Bertz CT molecular complexity index is 889. The zero-order valence-electron chi connectivity index (χ0n) is 15.1. The van der Waals surface area contributed by atoms with Gasteiger partial charge in [0.05, 0.1) is 6.07 Å². The topological polar surface area (TPSA) is 54.5 Å². The highest BCUT2D eigenvalue weighted by atomic mass is 32.2. The first-order chi connectivity index (χ1) is 12.7. The van der Waals surface area contributed by atoms with Crippen LogP contribution in [0.15, 0.2) is 53.7 Å². The fraction of sp³-hybridized carbons (Fsp3) is 0.286. The Labute approximate surface area is 158 Å². The summed E-state index contributed by atoms with van der Waals surface area (Å²) < 4.78 is 2.12. The Hall–Kier alpha value is -2.58. The third-order valence-electron chi connectivity index (χ3n) is 4.15. The molecule has 0 bridgehead atoms. The smallest absolute Gasteiger partial charge is 0.196 e. The van der Waals surface area contributed by atoms with Crippen LogP contribution in [0, 0.1) is 25.2 Å². The molecule has 4 nitrogen and oxygen atoms in total. The summed E-state index contributed by atoms with van der Waals surface area (Å²) in [6.07, 6.45) is 2.53. The molecule has 3 rings (SSSR count). The number of hydrogen-bond donors (Lipinski definition) is 0. The van der Waals surface area contributed by atoms with E-state index in [4.69, 9.17) is 5.26 Å². The molecule has 0 saturated heterocycles. The Morgan fingerprint density at radius 3 is 2.23 bits per heavy atom. The Morgan fingerprint density at radius 1 is 0.923 bits per heavy atom. The van der Waals surface area contributed by atoms with E-state index >= 15 is 0 Å². The van der Waals surface area contributed by atoms with Crippen molar-refractivity contribution >= 4 is 11.8 Å². The largest absolute Gasteiger partial charge is 0.270 e. The van der Waals surface area contributed by atoms with E-state index in [9.17, 15) is 0 Å². The van der Waals surface area contributed by atoms with Crippen LogP contribution in [-0.4, -0.2) is 20.5 Å². The number of rotatable bonds is 7. The molecule has 0 aliphatic carbocycles. The highest BCUT2D eigenvalue weighted by molar-refractivity contribution is 7.99. The molecule has 0 aliphatic heterocycles. The minimum absolute atomic E-state index is 0.611. The van der Waals surface area contributed by atoms with Gasteiger partial charge in [-0.1, -0.05) is 59.3 Å². The zero-order valence-corrected chi connectivity index (χ0v) is 16.0. The van der Waals surface area contributed by atoms with Crippen molar-refractivity contribution in [1.82, 2.24) is 14.8 Å². The fourth-order valence-electron chi connectivity index (χ4n) is 2.65. The van der Waals surface area contributed by atoms with E-state index in [0.29, 0.717) is 6.42 Å². The molecule has 26 heavy (non-hydrogen) atoms. The normalized spacial score (nSPS) is 10.7. The molecule has 0 atom stereocenters. The van der Waals surface area contributed by atoms with Crippen molar-refractivity contribution in [2.75, 3.05) is 5.75 Å². The van der Waals surface area contributed by atoms with Gasteiger partial charge in [0.2, 0.25) is 0 Å². The second-order valence-electron chi connectivity index (χ2n) is 6.31. The lowest BCUT2D eigenvalue weighted by atomic mass is 10.1. The summed E-state index contributed by atoms with van der Waals surface area (Å²) >= 11 is 1.70. The molecule has 5 heteroatoms. The molecule has 0 amide bonds. The van der Waals surface area contributed by atoms with Gasteiger partial charge in [-0.2, -0.15) is 5.26 Å². The van der Waals surface area contributed by atoms with E-state index in [-0.39, 0.29) is 0 Å². The van der Waals surface area contributed by atoms with E-state index < -0.39 is 0 Å². The Balaban J connectivity index is 1.93. The Morgan fingerprint density at radius 2 is 1.58 bits per heavy atom. The third kappa shape index (κ3) is 4.33. The number of nitriles is 1. The van der Waals surface area contributed by atoms with Crippen molar-refractivity contribution in [3.05, 3.63) is 59.7 Å². The molecule has 0 spiro atoms. The second-order valence-corrected chi connectivity index (χ2v) is 7.37. The standard InChI is InChI=1S/C21H22N4S/c1-16-6-10-18(11-7-16)20-23-24-21(26-15-5-3-4-14-22)25(20)19-12-8-17(2)9-13-19/h6-13H,3-5,15H2,1-2H3. The van der Waals surface area contributed by atoms with Crippen molar-refractivity contribution in [3.8, 4) is 23.1 Å². The van der Waals surface area contributed by atoms with Gasteiger partial charge in [-0.15, -0.1) is 10.2 Å². The molecule has 1 aromatic heterocycles. The Kier molecular flexibility index (Phi) is 6.08. The SMILES string of the molecule is Cc1ccc(-c2nnc(SCCCCC#N)n2-c2ccc(C)cc2)cc1. The predicted molar refractivity (Wildman–Crippen MR) is 106 cm³/mol. The number of aryl methyl sites for hydroxylation is 2. The van der Waals surface area contributed by atoms with E-state index in [1.165, 1.54) is 11.1 Å². The molecular weight excluding hydrogens is 340 g/mol. The van der Waals surface area contributed by atoms with Crippen LogP contribution in [0.2, 0.25) is 0 Å². The van der Waals surface area contributed by atoms with Crippen LogP contribution in [0.5, 0.6) is 0 Å². The van der Waals surface area contributed by atoms with E-state index in [0.717, 1.165) is 40.8 Å². The van der Waals surface area contributed by atoms with Crippen molar-refractivity contribution < 1.29 is 0 Å². The summed E-state index contributed by atoms with van der Waals surface area (Å²) in [6.45, 7) is 4.17. The van der Waals surface area contributed by atoms with Gasteiger partial charge in [0, 0.05) is 23.4 Å². The minimum atomic E-state index is 0.611. The third-order valence-corrected chi connectivity index (χ3v) is 5.16. The van der Waals surface area contributed by atoms with Gasteiger partial charge in [-0.25, -0.2) is 0 Å². The van der Waals surface area contributed by atoms with Crippen molar-refractivity contribution in [2.45, 2.75) is 38.3 Å². The predicted octanol–water partition coefficient (Wildman–Crippen LogP) is 5.34. The lowest BCUT2D eigenvalue weighted by Gasteiger charge is -2.11. The molecule has 0 radical (unpaired) electrons. The van der Waals surface area contributed by atoms with Gasteiger partial charge in [-0.05, 0) is 38.8 Å². The van der Waals surface area contributed by atoms with E-state index in [2.05, 4.69) is 83.2 Å². The van der Waals surface area contributed by atoms with Crippen molar-refractivity contribution in [3.63, 3.8) is 0 Å². The summed E-state index contributed by atoms with van der Waals surface area (Å²) in [5.74, 6) is 1.79. The fourth-order valence-corrected chi connectivity index (χ4v) is 3.60. The monoisotopic (exact) mass is 362 g/mol. The van der Waals surface area contributed by atoms with Gasteiger partial charge in [0.15, 0.2) is 11.0 Å². The van der Waals surface area contributed by atoms with Crippen LogP contribution in [0.1, 0.15) is 30.4 Å². The first kappa shape index (κ1) is 18.2. The minimum Gasteiger partial charge on any atom is -0.270 e. The summed E-state index contributed by atoms with van der Waals surface area (Å²) in [6, 6.07) is 19.0. The number of nitrogens with zero attached hydrogens (tertiary/aromatic N) is 4. The summed E-state index contributed by atoms with van der Waals surface area (Å²) in [4.78, 5) is 0. The summed E-state index contributed by atoms with van der Waals surface area (Å²) in [7, 11) is 0. The van der Waals surface area contributed by atoms with Crippen molar-refractivity contribution in [2.24, 2.45) is 0 Å². The van der Waals surface area contributed by atoms with Gasteiger partial charge < -0.3 is 0 Å². The zero-order chi connectivity index (χ0) is 18.4. The molecule has 0 saturated carbocycles.